The normalized spacial score (nSPS) is 16.1. The topological polar surface area (TPSA) is 33.0 Å². The Kier molecular flexibility index (Phi) is 2.97. The largest absolute Gasteiger partial charge is 0.496 e. The lowest BCUT2D eigenvalue weighted by Crippen LogP contribution is -1.93. The van der Waals surface area contributed by atoms with E-state index in [1.807, 2.05) is 6.07 Å². The van der Waals surface area contributed by atoms with Crippen LogP contribution < -0.4 is 4.74 Å². The Bertz CT molecular complexity index is 707. The predicted molar refractivity (Wildman–Crippen MR) is 77.0 cm³/mol. The summed E-state index contributed by atoms with van der Waals surface area (Å²) in [5.41, 5.74) is 3.60. The molecule has 0 spiro atoms. The van der Waals surface area contributed by atoms with Gasteiger partial charge in [-0.15, -0.1) is 0 Å². The van der Waals surface area contributed by atoms with Gasteiger partial charge in [-0.1, -0.05) is 24.3 Å². The Hall–Kier alpha value is -2.27. The summed E-state index contributed by atoms with van der Waals surface area (Å²) in [6.45, 7) is 0. The number of ether oxygens (including phenoxy) is 1. The number of hydrogen-bond acceptors (Lipinski definition) is 2. The zero-order valence-electron chi connectivity index (χ0n) is 10.9. The lowest BCUT2D eigenvalue weighted by molar-refractivity contribution is 0.410. The van der Waals surface area contributed by atoms with Crippen molar-refractivity contribution in [2.75, 3.05) is 7.11 Å². The maximum atomic E-state index is 8.96. The highest BCUT2D eigenvalue weighted by atomic mass is 16.5. The number of rotatable bonds is 1. The number of methoxy groups -OCH3 is 1. The summed E-state index contributed by atoms with van der Waals surface area (Å²) in [6.07, 6.45) is 4.69. The molecule has 2 aromatic rings. The van der Waals surface area contributed by atoms with Crippen molar-refractivity contribution in [2.24, 2.45) is 0 Å². The summed E-state index contributed by atoms with van der Waals surface area (Å²) in [4.78, 5) is 0. The predicted octanol–water partition coefficient (Wildman–Crippen LogP) is 4.09. The van der Waals surface area contributed by atoms with Gasteiger partial charge < -0.3 is 4.74 Å². The Morgan fingerprint density at radius 2 is 2.11 bits per heavy atom. The van der Waals surface area contributed by atoms with Crippen molar-refractivity contribution in [3.05, 3.63) is 47.5 Å². The van der Waals surface area contributed by atoms with Crippen LogP contribution in [0.15, 0.2) is 36.4 Å². The first-order valence-corrected chi connectivity index (χ1v) is 6.53. The molecule has 0 heterocycles. The maximum absolute atomic E-state index is 8.96. The van der Waals surface area contributed by atoms with Gasteiger partial charge in [0.1, 0.15) is 5.75 Å². The molecular weight excluding hydrogens is 234 g/mol. The minimum Gasteiger partial charge on any atom is -0.496 e. The SMILES string of the molecule is COc1ccc2cccc3c2c1CCCC3=CC#N. The average molecular weight is 249 g/mol. The molecule has 0 saturated heterocycles. The summed E-state index contributed by atoms with van der Waals surface area (Å²) in [6, 6.07) is 12.6. The summed E-state index contributed by atoms with van der Waals surface area (Å²) < 4.78 is 5.50. The van der Waals surface area contributed by atoms with Gasteiger partial charge in [0, 0.05) is 11.6 Å². The van der Waals surface area contributed by atoms with E-state index in [2.05, 4.69) is 30.3 Å². The maximum Gasteiger partial charge on any atom is 0.122 e. The van der Waals surface area contributed by atoms with Crippen molar-refractivity contribution >= 4 is 16.3 Å². The number of hydrogen-bond donors (Lipinski definition) is 0. The molecule has 0 N–H and O–H groups in total. The number of nitrogens with zero attached hydrogens (tertiary/aromatic N) is 1. The van der Waals surface area contributed by atoms with Crippen LogP contribution in [-0.2, 0) is 6.42 Å². The van der Waals surface area contributed by atoms with E-state index in [0.717, 1.165) is 30.6 Å². The van der Waals surface area contributed by atoms with Gasteiger partial charge in [-0.25, -0.2) is 0 Å². The van der Waals surface area contributed by atoms with Gasteiger partial charge in [0.2, 0.25) is 0 Å². The molecule has 19 heavy (non-hydrogen) atoms. The smallest absolute Gasteiger partial charge is 0.122 e. The van der Waals surface area contributed by atoms with Crippen LogP contribution in [0.3, 0.4) is 0 Å². The number of nitriles is 1. The summed E-state index contributed by atoms with van der Waals surface area (Å²) in [7, 11) is 1.72. The first-order valence-electron chi connectivity index (χ1n) is 6.53. The lowest BCUT2D eigenvalue weighted by Gasteiger charge is -2.12. The molecule has 0 fully saturated rings. The van der Waals surface area contributed by atoms with E-state index in [4.69, 9.17) is 10.00 Å². The molecule has 0 atom stereocenters. The van der Waals surface area contributed by atoms with Crippen LogP contribution in [0.2, 0.25) is 0 Å². The molecule has 3 rings (SSSR count). The van der Waals surface area contributed by atoms with Gasteiger partial charge >= 0.3 is 0 Å². The first kappa shape index (κ1) is 11.8. The Morgan fingerprint density at radius 3 is 2.89 bits per heavy atom. The Balaban J connectivity index is 2.40. The second kappa shape index (κ2) is 4.78. The quantitative estimate of drug-likeness (QED) is 0.713. The van der Waals surface area contributed by atoms with Crippen molar-refractivity contribution in [1.82, 2.24) is 0 Å². The van der Waals surface area contributed by atoms with Crippen molar-refractivity contribution in [3.63, 3.8) is 0 Å². The molecule has 0 radical (unpaired) electrons. The van der Waals surface area contributed by atoms with Crippen molar-refractivity contribution in [2.45, 2.75) is 19.3 Å². The fraction of sp³-hybridized carbons (Fsp3) is 0.235. The van der Waals surface area contributed by atoms with Crippen LogP contribution in [0.4, 0.5) is 0 Å². The Morgan fingerprint density at radius 1 is 1.21 bits per heavy atom. The van der Waals surface area contributed by atoms with E-state index < -0.39 is 0 Å². The second-order valence-electron chi connectivity index (χ2n) is 4.80. The molecular formula is C17H15NO. The summed E-state index contributed by atoms with van der Waals surface area (Å²) in [5, 5.41) is 11.4. The van der Waals surface area contributed by atoms with Crippen molar-refractivity contribution < 1.29 is 4.74 Å². The standard InChI is InChI=1S/C17H15NO/c1-19-16-9-8-13-5-3-6-14-12(10-11-18)4-2-7-15(16)17(13)14/h3,5-6,8-10H,2,4,7H2,1H3. The highest BCUT2D eigenvalue weighted by Crippen LogP contribution is 2.38. The number of aryl methyl sites for hydroxylation is 1. The third kappa shape index (κ3) is 1.88. The van der Waals surface area contributed by atoms with E-state index >= 15 is 0 Å². The molecule has 1 aliphatic carbocycles. The molecule has 2 aromatic carbocycles. The van der Waals surface area contributed by atoms with Crippen molar-refractivity contribution in [1.29, 1.82) is 5.26 Å². The number of allylic oxidation sites excluding steroid dienone is 2. The molecule has 0 amide bonds. The zero-order chi connectivity index (χ0) is 13.2. The lowest BCUT2D eigenvalue weighted by atomic mass is 9.95. The molecule has 1 aliphatic rings. The molecule has 2 heteroatoms. The number of benzene rings is 2. The van der Waals surface area contributed by atoms with Crippen molar-refractivity contribution in [3.8, 4) is 11.8 Å². The zero-order valence-corrected chi connectivity index (χ0v) is 10.9. The second-order valence-corrected chi connectivity index (χ2v) is 4.80. The highest BCUT2D eigenvalue weighted by molar-refractivity contribution is 5.98. The molecule has 0 aromatic heterocycles. The first-order chi connectivity index (χ1) is 9.35. The minimum atomic E-state index is 0.949. The fourth-order valence-electron chi connectivity index (χ4n) is 2.96. The van der Waals surface area contributed by atoms with Gasteiger partial charge in [0.25, 0.3) is 0 Å². The minimum absolute atomic E-state index is 0.949. The molecule has 0 aliphatic heterocycles. The van der Waals surface area contributed by atoms with E-state index in [9.17, 15) is 0 Å². The van der Waals surface area contributed by atoms with E-state index in [-0.39, 0.29) is 0 Å². The van der Waals surface area contributed by atoms with Gasteiger partial charge in [-0.3, -0.25) is 0 Å². The van der Waals surface area contributed by atoms with Gasteiger partial charge in [0.05, 0.1) is 13.2 Å². The molecule has 94 valence electrons. The molecule has 0 bridgehead atoms. The van der Waals surface area contributed by atoms with Gasteiger partial charge in [-0.2, -0.15) is 5.26 Å². The van der Waals surface area contributed by atoms with Crippen LogP contribution in [0, 0.1) is 11.3 Å². The van der Waals surface area contributed by atoms with Crippen LogP contribution in [-0.4, -0.2) is 7.11 Å². The van der Waals surface area contributed by atoms with E-state index in [0.29, 0.717) is 0 Å². The van der Waals surface area contributed by atoms with Crippen LogP contribution >= 0.6 is 0 Å². The monoisotopic (exact) mass is 249 g/mol. The average Bonchev–Trinajstić information content (AvgIpc) is 2.62. The van der Waals surface area contributed by atoms with Crippen LogP contribution in [0.25, 0.3) is 16.3 Å². The summed E-state index contributed by atoms with van der Waals surface area (Å²) >= 11 is 0. The van der Waals surface area contributed by atoms with E-state index in [1.54, 1.807) is 13.2 Å². The molecule has 0 unspecified atom stereocenters. The van der Waals surface area contributed by atoms with Crippen LogP contribution in [0.1, 0.15) is 24.0 Å². The fourth-order valence-corrected chi connectivity index (χ4v) is 2.96. The third-order valence-electron chi connectivity index (χ3n) is 3.79. The third-order valence-corrected chi connectivity index (χ3v) is 3.79. The van der Waals surface area contributed by atoms with Gasteiger partial charge in [0.15, 0.2) is 0 Å². The molecule has 2 nitrogen and oxygen atoms in total. The molecule has 0 saturated carbocycles. The Labute approximate surface area is 112 Å². The van der Waals surface area contributed by atoms with E-state index in [1.165, 1.54) is 21.9 Å². The van der Waals surface area contributed by atoms with Gasteiger partial charge in [-0.05, 0) is 47.2 Å². The highest BCUT2D eigenvalue weighted by Gasteiger charge is 2.17. The summed E-state index contributed by atoms with van der Waals surface area (Å²) in [5.74, 6) is 0.957. The van der Waals surface area contributed by atoms with Crippen LogP contribution in [0.5, 0.6) is 5.75 Å².